The maximum Gasteiger partial charge on any atom is 0.281 e. The van der Waals surface area contributed by atoms with E-state index in [1.165, 1.54) is 18.2 Å². The summed E-state index contributed by atoms with van der Waals surface area (Å²) in [4.78, 5) is 15.2. The molecule has 0 aliphatic carbocycles. The molecule has 7 nitrogen and oxygen atoms in total. The van der Waals surface area contributed by atoms with E-state index in [-0.39, 0.29) is 25.6 Å². The summed E-state index contributed by atoms with van der Waals surface area (Å²) in [6.45, 7) is 4.01. The van der Waals surface area contributed by atoms with Gasteiger partial charge in [0, 0.05) is 0 Å². The lowest BCUT2D eigenvalue weighted by atomic mass is 10.2. The summed E-state index contributed by atoms with van der Waals surface area (Å²) in [5.74, 6) is -0.305. The highest BCUT2D eigenvalue weighted by Crippen LogP contribution is 2.34. The van der Waals surface area contributed by atoms with Crippen LogP contribution in [-0.4, -0.2) is 35.4 Å². The van der Waals surface area contributed by atoms with Crippen molar-refractivity contribution < 1.29 is 23.1 Å². The first-order valence-corrected chi connectivity index (χ1v) is 11.2. The Morgan fingerprint density at radius 2 is 1.93 bits per heavy atom. The number of benzene rings is 2. The van der Waals surface area contributed by atoms with E-state index < -0.39 is 15.9 Å². The summed E-state index contributed by atoms with van der Waals surface area (Å²) in [5, 5.41) is 10.6. The molecule has 0 saturated carbocycles. The van der Waals surface area contributed by atoms with E-state index >= 15 is 0 Å². The fraction of sp³-hybridized carbons (Fsp3) is 0.158. The van der Waals surface area contributed by atoms with Gasteiger partial charge in [-0.2, -0.15) is 0 Å². The second kappa shape index (κ2) is 8.54. The molecule has 1 amide bonds. The lowest BCUT2D eigenvalue weighted by Gasteiger charge is -2.16. The second-order valence-electron chi connectivity index (χ2n) is 6.09. The van der Waals surface area contributed by atoms with Gasteiger partial charge in [0.15, 0.2) is 15.8 Å². The van der Waals surface area contributed by atoms with Gasteiger partial charge in [-0.15, -0.1) is 4.83 Å². The molecule has 0 bridgehead atoms. The summed E-state index contributed by atoms with van der Waals surface area (Å²) >= 11 is 6.15. The Morgan fingerprint density at radius 3 is 2.59 bits per heavy atom. The number of amides is 1. The Balaban J connectivity index is 1.83. The Bertz CT molecular complexity index is 1100. The quantitative estimate of drug-likeness (QED) is 0.515. The van der Waals surface area contributed by atoms with Crippen LogP contribution in [0.5, 0.6) is 11.5 Å². The van der Waals surface area contributed by atoms with Crippen molar-refractivity contribution in [2.45, 2.75) is 18.7 Å². The van der Waals surface area contributed by atoms with Crippen LogP contribution in [0, 0.1) is 6.92 Å². The number of phenolic OH excluding ortho intramolecular Hbond substituents is 1. The molecule has 0 radical (unpaired) electrons. The Labute approximate surface area is 178 Å². The smallest absolute Gasteiger partial charge is 0.281 e. The van der Waals surface area contributed by atoms with Crippen molar-refractivity contribution in [3.8, 4) is 11.5 Å². The number of nitrogens with zero attached hydrogens (tertiary/aromatic N) is 1. The van der Waals surface area contributed by atoms with Gasteiger partial charge in [-0.25, -0.2) is 13.4 Å². The molecule has 1 aliphatic heterocycles. The van der Waals surface area contributed by atoms with Gasteiger partial charge < -0.3 is 9.84 Å². The number of carbonyl (C=O) groups excluding carboxylic acids is 1. The van der Waals surface area contributed by atoms with E-state index in [9.17, 15) is 18.3 Å². The van der Waals surface area contributed by atoms with Crippen LogP contribution in [0.2, 0.25) is 0 Å². The predicted octanol–water partition coefficient (Wildman–Crippen LogP) is 3.19. The number of aryl methyl sites for hydroxylation is 1. The van der Waals surface area contributed by atoms with Crippen LogP contribution in [-0.2, 0) is 14.8 Å². The average Bonchev–Trinajstić information content (AvgIpc) is 2.92. The zero-order valence-corrected chi connectivity index (χ0v) is 18.0. The molecule has 2 N–H and O–H groups in total. The zero-order valence-electron chi connectivity index (χ0n) is 15.6. The highest BCUT2D eigenvalue weighted by molar-refractivity contribution is 8.26. The Kier molecular flexibility index (Phi) is 6.27. The van der Waals surface area contributed by atoms with E-state index in [4.69, 9.17) is 17.0 Å². The van der Waals surface area contributed by atoms with Gasteiger partial charge >= 0.3 is 0 Å². The number of carbonyl (C=O) groups is 1. The van der Waals surface area contributed by atoms with E-state index in [0.29, 0.717) is 12.2 Å². The molecule has 1 fully saturated rings. The standard InChI is InChI=1S/C19H18N2O5S3/c1-3-26-16-10-13(6-9-15(16)22)11-17-18(23)21(19(27)28-17)20-29(24,25)14-7-4-12(2)5-8-14/h4-11,20,22H,3H2,1-2H3. The third kappa shape index (κ3) is 4.78. The highest BCUT2D eigenvalue weighted by Gasteiger charge is 2.35. The molecule has 3 rings (SSSR count). The van der Waals surface area contributed by atoms with Crippen molar-refractivity contribution in [1.29, 1.82) is 0 Å². The topological polar surface area (TPSA) is 95.9 Å². The van der Waals surface area contributed by atoms with Crippen molar-refractivity contribution in [2.24, 2.45) is 0 Å². The van der Waals surface area contributed by atoms with Crippen molar-refractivity contribution >= 4 is 50.3 Å². The third-order valence-electron chi connectivity index (χ3n) is 3.92. The fourth-order valence-corrected chi connectivity index (χ4v) is 4.79. The number of thiocarbonyl (C=S) groups is 1. The van der Waals surface area contributed by atoms with Crippen LogP contribution in [0.15, 0.2) is 52.3 Å². The minimum absolute atomic E-state index is 0.0117. The molecule has 152 valence electrons. The number of nitrogens with one attached hydrogen (secondary N) is 1. The highest BCUT2D eigenvalue weighted by atomic mass is 32.2. The number of thioether (sulfide) groups is 1. The first kappa shape index (κ1) is 21.3. The normalized spacial score (nSPS) is 15.9. The lowest BCUT2D eigenvalue weighted by Crippen LogP contribution is -2.44. The van der Waals surface area contributed by atoms with Gasteiger partial charge in [0.1, 0.15) is 0 Å². The van der Waals surface area contributed by atoms with Crippen molar-refractivity contribution in [3.63, 3.8) is 0 Å². The first-order valence-electron chi connectivity index (χ1n) is 8.54. The van der Waals surface area contributed by atoms with Crippen LogP contribution >= 0.6 is 24.0 Å². The lowest BCUT2D eigenvalue weighted by molar-refractivity contribution is -0.123. The van der Waals surface area contributed by atoms with Crippen molar-refractivity contribution in [2.75, 3.05) is 6.61 Å². The second-order valence-corrected chi connectivity index (χ2v) is 9.42. The summed E-state index contributed by atoms with van der Waals surface area (Å²) in [6.07, 6.45) is 1.56. The molecule has 10 heteroatoms. The van der Waals surface area contributed by atoms with E-state index in [1.54, 1.807) is 37.3 Å². The number of phenols is 1. The molecule has 1 aliphatic rings. The van der Waals surface area contributed by atoms with Crippen molar-refractivity contribution in [1.82, 2.24) is 9.84 Å². The average molecular weight is 451 g/mol. The summed E-state index contributed by atoms with van der Waals surface area (Å²) in [7, 11) is -3.97. The number of aromatic hydroxyl groups is 1. The van der Waals surface area contributed by atoms with Crippen LogP contribution in [0.4, 0.5) is 0 Å². The minimum atomic E-state index is -3.97. The maximum absolute atomic E-state index is 12.7. The molecule has 0 unspecified atom stereocenters. The SMILES string of the molecule is CCOc1cc(C=C2SC(=S)N(NS(=O)(=O)c3ccc(C)cc3)C2=O)ccc1O. The number of sulfonamides is 1. The van der Waals surface area contributed by atoms with Gasteiger partial charge in [-0.05, 0) is 49.8 Å². The van der Waals surface area contributed by atoms with Crippen molar-refractivity contribution in [3.05, 3.63) is 58.5 Å². The van der Waals surface area contributed by atoms with Crippen LogP contribution in [0.1, 0.15) is 18.1 Å². The molecule has 0 atom stereocenters. The summed E-state index contributed by atoms with van der Waals surface area (Å²) in [6, 6.07) is 10.9. The van der Waals surface area contributed by atoms with Gasteiger partial charge in [0.2, 0.25) is 0 Å². The number of hydrogen-bond donors (Lipinski definition) is 2. The molecule has 1 saturated heterocycles. The largest absolute Gasteiger partial charge is 0.504 e. The van der Waals surface area contributed by atoms with Crippen LogP contribution in [0.25, 0.3) is 6.08 Å². The van der Waals surface area contributed by atoms with Crippen LogP contribution in [0.3, 0.4) is 0 Å². The minimum Gasteiger partial charge on any atom is -0.504 e. The maximum atomic E-state index is 12.7. The summed E-state index contributed by atoms with van der Waals surface area (Å²) in [5.41, 5.74) is 1.52. The van der Waals surface area contributed by atoms with E-state index in [0.717, 1.165) is 22.3 Å². The number of hydrazine groups is 1. The third-order valence-corrected chi connectivity index (χ3v) is 6.54. The number of hydrogen-bond acceptors (Lipinski definition) is 7. The molecule has 29 heavy (non-hydrogen) atoms. The molecule has 1 heterocycles. The van der Waals surface area contributed by atoms with Gasteiger partial charge in [0.25, 0.3) is 15.9 Å². The Hall–Kier alpha value is -2.40. The molecule has 2 aromatic rings. The zero-order chi connectivity index (χ0) is 21.2. The number of rotatable bonds is 6. The van der Waals surface area contributed by atoms with Gasteiger partial charge in [0.05, 0.1) is 16.4 Å². The van der Waals surface area contributed by atoms with Crippen LogP contribution < -0.4 is 9.57 Å². The predicted molar refractivity (Wildman–Crippen MR) is 116 cm³/mol. The van der Waals surface area contributed by atoms with Gasteiger partial charge in [-0.3, -0.25) is 4.79 Å². The monoisotopic (exact) mass is 450 g/mol. The molecular weight excluding hydrogens is 432 g/mol. The first-order chi connectivity index (χ1) is 13.7. The molecular formula is C19H18N2O5S3. The van der Waals surface area contributed by atoms with Gasteiger partial charge in [-0.1, -0.05) is 47.7 Å². The van der Waals surface area contributed by atoms with E-state index in [2.05, 4.69) is 4.83 Å². The molecule has 2 aromatic carbocycles. The molecule has 0 spiro atoms. The van der Waals surface area contributed by atoms with E-state index in [1.807, 2.05) is 6.92 Å². The molecule has 0 aromatic heterocycles. The number of ether oxygens (including phenoxy) is 1. The Morgan fingerprint density at radius 1 is 1.24 bits per heavy atom. The fourth-order valence-electron chi connectivity index (χ4n) is 2.48. The summed E-state index contributed by atoms with van der Waals surface area (Å²) < 4.78 is 30.5.